The average molecular weight is 313 g/mol. The number of aliphatic hydroxyl groups excluding tert-OH is 1. The predicted molar refractivity (Wildman–Crippen MR) is 74.6 cm³/mol. The Bertz CT molecular complexity index is 641. The Hall–Kier alpha value is -2.41. The fourth-order valence-electron chi connectivity index (χ4n) is 1.88. The monoisotopic (exact) mass is 313 g/mol. The number of hydrogen-bond donors (Lipinski definition) is 4. The third kappa shape index (κ3) is 3.82. The second-order valence-corrected chi connectivity index (χ2v) is 4.73. The van der Waals surface area contributed by atoms with E-state index in [1.165, 1.54) is 42.5 Å². The number of nitrogens with one attached hydrogen (secondary N) is 1. The largest absolute Gasteiger partial charge is 0.508 e. The van der Waals surface area contributed by atoms with Crippen molar-refractivity contribution < 1.29 is 28.5 Å². The van der Waals surface area contributed by atoms with Gasteiger partial charge in [-0.05, 0) is 35.9 Å². The van der Waals surface area contributed by atoms with Gasteiger partial charge >= 0.3 is 6.18 Å². The molecule has 2 rings (SSSR count). The van der Waals surface area contributed by atoms with Gasteiger partial charge < -0.3 is 20.6 Å². The molecule has 0 heterocycles. The lowest BCUT2D eigenvalue weighted by Gasteiger charge is -2.15. The van der Waals surface area contributed by atoms with Gasteiger partial charge in [0.25, 0.3) is 0 Å². The molecule has 0 aliphatic rings. The molecule has 0 spiro atoms. The molecule has 0 amide bonds. The van der Waals surface area contributed by atoms with Crippen molar-refractivity contribution in [3.05, 3.63) is 53.6 Å². The zero-order valence-electron chi connectivity index (χ0n) is 11.3. The van der Waals surface area contributed by atoms with Crippen LogP contribution in [-0.4, -0.2) is 21.5 Å². The van der Waals surface area contributed by atoms with E-state index in [0.29, 0.717) is 11.3 Å². The maximum atomic E-state index is 12.4. The number of benzene rings is 2. The van der Waals surface area contributed by atoms with Crippen molar-refractivity contribution in [3.8, 4) is 11.5 Å². The van der Waals surface area contributed by atoms with Crippen LogP contribution in [0.3, 0.4) is 0 Å². The standard InChI is InChI=1S/C15H14F3NO3/c16-15(17,18)14(22)9-1-3-11(4-2-9)19-8-10-7-12(20)5-6-13(10)21/h1-7,14,19-22H,8H2/t14-/m1/s1. The number of anilines is 1. The SMILES string of the molecule is Oc1ccc(O)c(CNc2ccc([C@@H](O)C(F)(F)F)cc2)c1. The zero-order chi connectivity index (χ0) is 16.3. The number of halogens is 3. The first-order valence-corrected chi connectivity index (χ1v) is 6.37. The van der Waals surface area contributed by atoms with Crippen LogP contribution in [0.2, 0.25) is 0 Å². The van der Waals surface area contributed by atoms with Crippen LogP contribution in [0.5, 0.6) is 11.5 Å². The van der Waals surface area contributed by atoms with Crippen LogP contribution >= 0.6 is 0 Å². The smallest absolute Gasteiger partial charge is 0.418 e. The Morgan fingerprint density at radius 3 is 2.23 bits per heavy atom. The van der Waals surface area contributed by atoms with Gasteiger partial charge in [-0.25, -0.2) is 0 Å². The van der Waals surface area contributed by atoms with Crippen molar-refractivity contribution in [2.75, 3.05) is 5.32 Å². The first-order chi connectivity index (χ1) is 10.3. The van der Waals surface area contributed by atoms with Crippen LogP contribution in [-0.2, 0) is 6.54 Å². The second-order valence-electron chi connectivity index (χ2n) is 4.73. The minimum atomic E-state index is -4.71. The first kappa shape index (κ1) is 16.0. The molecule has 0 saturated carbocycles. The van der Waals surface area contributed by atoms with Gasteiger partial charge in [-0.3, -0.25) is 0 Å². The third-order valence-corrected chi connectivity index (χ3v) is 3.08. The maximum Gasteiger partial charge on any atom is 0.418 e. The summed E-state index contributed by atoms with van der Waals surface area (Å²) in [5.74, 6) is -0.00680. The molecule has 0 fully saturated rings. The topological polar surface area (TPSA) is 72.7 Å². The Kier molecular flexibility index (Phi) is 4.46. The summed E-state index contributed by atoms with van der Waals surface area (Å²) in [6.07, 6.45) is -7.22. The quantitative estimate of drug-likeness (QED) is 0.654. The zero-order valence-corrected chi connectivity index (χ0v) is 11.3. The van der Waals surface area contributed by atoms with Gasteiger partial charge in [0.1, 0.15) is 11.5 Å². The molecule has 2 aromatic carbocycles. The summed E-state index contributed by atoms with van der Waals surface area (Å²) < 4.78 is 37.1. The fraction of sp³-hybridized carbons (Fsp3) is 0.200. The lowest BCUT2D eigenvalue weighted by molar-refractivity contribution is -0.206. The molecule has 4 N–H and O–H groups in total. The van der Waals surface area contributed by atoms with Crippen molar-refractivity contribution in [2.24, 2.45) is 0 Å². The molecule has 0 radical (unpaired) electrons. The number of phenolic OH excluding ortho intramolecular Hbond substituents is 2. The van der Waals surface area contributed by atoms with E-state index in [1.807, 2.05) is 0 Å². The van der Waals surface area contributed by atoms with E-state index in [0.717, 1.165) is 0 Å². The molecular formula is C15H14F3NO3. The van der Waals surface area contributed by atoms with E-state index in [4.69, 9.17) is 5.11 Å². The Labute approximate surface area is 124 Å². The van der Waals surface area contributed by atoms with Crippen LogP contribution in [0.25, 0.3) is 0 Å². The first-order valence-electron chi connectivity index (χ1n) is 6.37. The number of aliphatic hydroxyl groups is 1. The van der Waals surface area contributed by atoms with E-state index in [-0.39, 0.29) is 23.6 Å². The molecule has 1 atom stereocenters. The van der Waals surface area contributed by atoms with Gasteiger partial charge in [0.2, 0.25) is 0 Å². The van der Waals surface area contributed by atoms with Gasteiger partial charge in [-0.2, -0.15) is 13.2 Å². The van der Waals surface area contributed by atoms with Crippen LogP contribution in [0, 0.1) is 0 Å². The van der Waals surface area contributed by atoms with Gasteiger partial charge in [0.15, 0.2) is 6.10 Å². The minimum absolute atomic E-state index is 0.00162. The second kappa shape index (κ2) is 6.15. The van der Waals surface area contributed by atoms with E-state index in [9.17, 15) is 23.4 Å². The summed E-state index contributed by atoms with van der Waals surface area (Å²) in [4.78, 5) is 0. The molecule has 7 heteroatoms. The molecule has 4 nitrogen and oxygen atoms in total. The highest BCUT2D eigenvalue weighted by molar-refractivity contribution is 5.47. The molecule has 2 aromatic rings. The number of hydrogen-bond acceptors (Lipinski definition) is 4. The van der Waals surface area contributed by atoms with Crippen LogP contribution in [0.15, 0.2) is 42.5 Å². The lowest BCUT2D eigenvalue weighted by Crippen LogP contribution is -2.20. The Balaban J connectivity index is 2.04. The van der Waals surface area contributed by atoms with Gasteiger partial charge in [-0.15, -0.1) is 0 Å². The Morgan fingerprint density at radius 2 is 1.64 bits per heavy atom. The normalized spacial score (nSPS) is 12.9. The van der Waals surface area contributed by atoms with E-state index in [2.05, 4.69) is 5.32 Å². The molecule has 118 valence electrons. The molecule has 22 heavy (non-hydrogen) atoms. The molecule has 0 aromatic heterocycles. The van der Waals surface area contributed by atoms with Crippen LogP contribution < -0.4 is 5.32 Å². The summed E-state index contributed by atoms with van der Waals surface area (Å²) in [5.41, 5.74) is 0.707. The van der Waals surface area contributed by atoms with Gasteiger partial charge in [0, 0.05) is 17.8 Å². The predicted octanol–water partition coefficient (Wildman–Crippen LogP) is 3.31. The van der Waals surface area contributed by atoms with Crippen molar-refractivity contribution >= 4 is 5.69 Å². The number of rotatable bonds is 4. The maximum absolute atomic E-state index is 12.4. The lowest BCUT2D eigenvalue weighted by atomic mass is 10.1. The summed E-state index contributed by atoms with van der Waals surface area (Å²) >= 11 is 0. The molecule has 0 aliphatic carbocycles. The van der Waals surface area contributed by atoms with Gasteiger partial charge in [0.05, 0.1) is 0 Å². The third-order valence-electron chi connectivity index (χ3n) is 3.08. The highest BCUT2D eigenvalue weighted by Crippen LogP contribution is 2.32. The Morgan fingerprint density at radius 1 is 1.00 bits per heavy atom. The molecule has 0 saturated heterocycles. The van der Waals surface area contributed by atoms with E-state index in [1.54, 1.807) is 0 Å². The highest BCUT2D eigenvalue weighted by Gasteiger charge is 2.39. The van der Waals surface area contributed by atoms with Crippen molar-refractivity contribution in [1.82, 2.24) is 0 Å². The minimum Gasteiger partial charge on any atom is -0.508 e. The number of phenols is 2. The molecule has 0 bridgehead atoms. The van der Waals surface area contributed by atoms with Gasteiger partial charge in [-0.1, -0.05) is 12.1 Å². The molecular weight excluding hydrogens is 299 g/mol. The van der Waals surface area contributed by atoms with Crippen LogP contribution in [0.4, 0.5) is 18.9 Å². The summed E-state index contributed by atoms with van der Waals surface area (Å²) in [5, 5.41) is 31.0. The molecule has 0 unspecified atom stereocenters. The number of alkyl halides is 3. The van der Waals surface area contributed by atoms with E-state index < -0.39 is 12.3 Å². The summed E-state index contributed by atoms with van der Waals surface area (Å²) in [6.45, 7) is 0.182. The van der Waals surface area contributed by atoms with Crippen molar-refractivity contribution in [2.45, 2.75) is 18.8 Å². The summed E-state index contributed by atoms with van der Waals surface area (Å²) in [7, 11) is 0. The highest BCUT2D eigenvalue weighted by atomic mass is 19.4. The van der Waals surface area contributed by atoms with Crippen molar-refractivity contribution in [1.29, 1.82) is 0 Å². The van der Waals surface area contributed by atoms with E-state index >= 15 is 0 Å². The van der Waals surface area contributed by atoms with Crippen molar-refractivity contribution in [3.63, 3.8) is 0 Å². The summed E-state index contributed by atoms with van der Waals surface area (Å²) in [6, 6.07) is 9.19. The molecule has 0 aliphatic heterocycles. The average Bonchev–Trinajstić information content (AvgIpc) is 2.47. The fourth-order valence-corrected chi connectivity index (χ4v) is 1.88. The number of aromatic hydroxyl groups is 2. The van der Waals surface area contributed by atoms with Crippen LogP contribution in [0.1, 0.15) is 17.2 Å².